The van der Waals surface area contributed by atoms with Crippen molar-refractivity contribution in [1.29, 1.82) is 0 Å². The largest absolute Gasteiger partial charge is 0.324 e. The van der Waals surface area contributed by atoms with Gasteiger partial charge in [-0.2, -0.15) is 0 Å². The third kappa shape index (κ3) is 2.79. The quantitative estimate of drug-likeness (QED) is 0.697. The minimum absolute atomic E-state index is 0.440. The monoisotopic (exact) mass is 278 g/mol. The van der Waals surface area contributed by atoms with Gasteiger partial charge in [-0.05, 0) is 37.8 Å². The summed E-state index contributed by atoms with van der Waals surface area (Å²) in [5, 5.41) is 0. The number of alkyl halides is 1. The molecule has 1 aromatic carbocycles. The highest BCUT2D eigenvalue weighted by Gasteiger charge is 2.17. The van der Waals surface area contributed by atoms with E-state index in [4.69, 9.17) is 16.6 Å². The van der Waals surface area contributed by atoms with Gasteiger partial charge in [0.25, 0.3) is 0 Å². The topological polar surface area (TPSA) is 17.8 Å². The van der Waals surface area contributed by atoms with E-state index in [0.717, 1.165) is 17.3 Å². The second-order valence-electron chi connectivity index (χ2n) is 5.57. The van der Waals surface area contributed by atoms with Crippen LogP contribution in [0.3, 0.4) is 0 Å². The van der Waals surface area contributed by atoms with E-state index in [-0.39, 0.29) is 0 Å². The first-order valence-corrected chi connectivity index (χ1v) is 7.64. The maximum absolute atomic E-state index is 6.09. The number of aromatic nitrogens is 2. The lowest BCUT2D eigenvalue weighted by atomic mass is 10.00. The number of hydrogen-bond donors (Lipinski definition) is 0. The molecule has 2 atom stereocenters. The van der Waals surface area contributed by atoms with Crippen molar-refractivity contribution in [3.63, 3.8) is 0 Å². The van der Waals surface area contributed by atoms with E-state index < -0.39 is 0 Å². The highest BCUT2D eigenvalue weighted by Crippen LogP contribution is 2.28. The van der Waals surface area contributed by atoms with Crippen molar-refractivity contribution in [2.24, 2.45) is 5.92 Å². The highest BCUT2D eigenvalue weighted by atomic mass is 35.5. The summed E-state index contributed by atoms with van der Waals surface area (Å²) in [5.41, 5.74) is 3.53. The Morgan fingerprint density at radius 1 is 1.32 bits per heavy atom. The molecule has 0 saturated carbocycles. The second kappa shape index (κ2) is 5.96. The fraction of sp³-hybridized carbons (Fsp3) is 0.562. The van der Waals surface area contributed by atoms with Crippen LogP contribution < -0.4 is 0 Å². The van der Waals surface area contributed by atoms with Crippen molar-refractivity contribution in [1.82, 2.24) is 9.55 Å². The standard InChI is InChI=1S/C16H23ClN2/c1-5-11(2)9-13(4)19-14-8-6-7-12(3)16(14)18-15(19)10-17/h6-8,11,13H,5,9-10H2,1-4H3. The third-order valence-corrected chi connectivity index (χ3v) is 4.23. The lowest BCUT2D eigenvalue weighted by Crippen LogP contribution is -2.11. The van der Waals surface area contributed by atoms with E-state index >= 15 is 0 Å². The van der Waals surface area contributed by atoms with Crippen LogP contribution in [0.25, 0.3) is 11.0 Å². The fourth-order valence-corrected chi connectivity index (χ4v) is 2.93. The average Bonchev–Trinajstić information content (AvgIpc) is 2.78. The Bertz CT molecular complexity index is 559. The predicted molar refractivity (Wildman–Crippen MR) is 82.8 cm³/mol. The van der Waals surface area contributed by atoms with E-state index in [1.807, 2.05) is 0 Å². The molecule has 0 radical (unpaired) electrons. The molecule has 1 heterocycles. The van der Waals surface area contributed by atoms with Crippen molar-refractivity contribution in [2.75, 3.05) is 0 Å². The second-order valence-corrected chi connectivity index (χ2v) is 5.84. The summed E-state index contributed by atoms with van der Waals surface area (Å²) in [5.74, 6) is 2.18. The maximum atomic E-state index is 6.09. The summed E-state index contributed by atoms with van der Waals surface area (Å²) in [6.07, 6.45) is 2.38. The van der Waals surface area contributed by atoms with Gasteiger partial charge in [-0.25, -0.2) is 4.98 Å². The van der Waals surface area contributed by atoms with E-state index in [1.54, 1.807) is 0 Å². The summed E-state index contributed by atoms with van der Waals surface area (Å²) in [4.78, 5) is 4.72. The molecule has 0 bridgehead atoms. The zero-order valence-electron chi connectivity index (χ0n) is 12.3. The van der Waals surface area contributed by atoms with E-state index in [0.29, 0.717) is 11.9 Å². The highest BCUT2D eigenvalue weighted by molar-refractivity contribution is 6.16. The van der Waals surface area contributed by atoms with Crippen molar-refractivity contribution in [3.05, 3.63) is 29.6 Å². The molecule has 0 aliphatic rings. The van der Waals surface area contributed by atoms with Crippen molar-refractivity contribution in [3.8, 4) is 0 Å². The first-order chi connectivity index (χ1) is 9.08. The summed E-state index contributed by atoms with van der Waals surface area (Å²) in [7, 11) is 0. The Morgan fingerprint density at radius 3 is 2.68 bits per heavy atom. The van der Waals surface area contributed by atoms with Gasteiger partial charge in [-0.3, -0.25) is 0 Å². The Morgan fingerprint density at radius 2 is 2.05 bits per heavy atom. The van der Waals surface area contributed by atoms with Crippen LogP contribution in [0.2, 0.25) is 0 Å². The zero-order chi connectivity index (χ0) is 14.0. The fourth-order valence-electron chi connectivity index (χ4n) is 2.75. The number of aryl methyl sites for hydroxylation is 1. The number of rotatable bonds is 5. The Kier molecular flexibility index (Phi) is 4.51. The maximum Gasteiger partial charge on any atom is 0.125 e. The summed E-state index contributed by atoms with van der Waals surface area (Å²) in [6, 6.07) is 6.80. The number of fused-ring (bicyclic) bond motifs is 1. The SMILES string of the molecule is CCC(C)CC(C)n1c(CCl)nc2c(C)cccc21. The number of hydrogen-bond acceptors (Lipinski definition) is 1. The Balaban J connectivity index is 2.48. The molecule has 0 fully saturated rings. The minimum Gasteiger partial charge on any atom is -0.324 e. The van der Waals surface area contributed by atoms with Gasteiger partial charge in [0.1, 0.15) is 5.82 Å². The molecule has 0 saturated heterocycles. The van der Waals surface area contributed by atoms with E-state index in [1.165, 1.54) is 23.9 Å². The first kappa shape index (κ1) is 14.4. The van der Waals surface area contributed by atoms with Gasteiger partial charge in [0.2, 0.25) is 0 Å². The molecular weight excluding hydrogens is 256 g/mol. The van der Waals surface area contributed by atoms with Crippen LogP contribution in [0.15, 0.2) is 18.2 Å². The van der Waals surface area contributed by atoms with Gasteiger partial charge >= 0.3 is 0 Å². The van der Waals surface area contributed by atoms with Crippen LogP contribution in [-0.4, -0.2) is 9.55 Å². The summed E-state index contributed by atoms with van der Waals surface area (Å²) < 4.78 is 2.32. The summed E-state index contributed by atoms with van der Waals surface area (Å²) in [6.45, 7) is 8.93. The Labute approximate surface area is 120 Å². The van der Waals surface area contributed by atoms with Crippen LogP contribution in [0.5, 0.6) is 0 Å². The third-order valence-electron chi connectivity index (χ3n) is 4.00. The molecule has 0 aliphatic heterocycles. The summed E-state index contributed by atoms with van der Waals surface area (Å²) >= 11 is 6.09. The van der Waals surface area contributed by atoms with Crippen LogP contribution >= 0.6 is 11.6 Å². The first-order valence-electron chi connectivity index (χ1n) is 7.10. The number of nitrogens with zero attached hydrogens (tertiary/aromatic N) is 2. The molecular formula is C16H23ClN2. The molecule has 0 aliphatic carbocycles. The lowest BCUT2D eigenvalue weighted by Gasteiger charge is -2.20. The molecule has 0 spiro atoms. The molecule has 3 heteroatoms. The van der Waals surface area contributed by atoms with E-state index in [9.17, 15) is 0 Å². The van der Waals surface area contributed by atoms with Crippen molar-refractivity contribution >= 4 is 22.6 Å². The number of imidazole rings is 1. The molecule has 19 heavy (non-hydrogen) atoms. The van der Waals surface area contributed by atoms with Gasteiger partial charge in [-0.1, -0.05) is 32.4 Å². The number of para-hydroxylation sites is 1. The average molecular weight is 279 g/mol. The van der Waals surface area contributed by atoms with Gasteiger partial charge < -0.3 is 4.57 Å². The van der Waals surface area contributed by atoms with Gasteiger partial charge in [0.15, 0.2) is 0 Å². The van der Waals surface area contributed by atoms with Gasteiger partial charge in [-0.15, -0.1) is 11.6 Å². The van der Waals surface area contributed by atoms with Crippen LogP contribution in [0.1, 0.15) is 51.0 Å². The normalized spacial score (nSPS) is 14.8. The predicted octanol–water partition coefficient (Wildman–Crippen LogP) is 5.08. The van der Waals surface area contributed by atoms with E-state index in [2.05, 4.69) is 50.5 Å². The molecule has 2 aromatic rings. The number of halogens is 1. The van der Waals surface area contributed by atoms with Crippen LogP contribution in [0.4, 0.5) is 0 Å². The molecule has 104 valence electrons. The minimum atomic E-state index is 0.440. The molecule has 1 aromatic heterocycles. The Hall–Kier alpha value is -1.02. The molecule has 2 unspecified atom stereocenters. The molecule has 2 rings (SSSR count). The zero-order valence-corrected chi connectivity index (χ0v) is 13.0. The van der Waals surface area contributed by atoms with Crippen molar-refractivity contribution in [2.45, 2.75) is 52.5 Å². The molecule has 2 nitrogen and oxygen atoms in total. The molecule has 0 N–H and O–H groups in total. The van der Waals surface area contributed by atoms with Gasteiger partial charge in [0.05, 0.1) is 16.9 Å². The smallest absolute Gasteiger partial charge is 0.125 e. The molecule has 0 amide bonds. The van der Waals surface area contributed by atoms with Crippen molar-refractivity contribution < 1.29 is 0 Å². The number of benzene rings is 1. The lowest BCUT2D eigenvalue weighted by molar-refractivity contribution is 0.399. The van der Waals surface area contributed by atoms with Crippen LogP contribution in [0, 0.1) is 12.8 Å². The van der Waals surface area contributed by atoms with Crippen LogP contribution in [-0.2, 0) is 5.88 Å². The van der Waals surface area contributed by atoms with Gasteiger partial charge in [0, 0.05) is 6.04 Å².